The summed E-state index contributed by atoms with van der Waals surface area (Å²) in [7, 11) is 1.75. The van der Waals surface area contributed by atoms with Gasteiger partial charge in [0.05, 0.1) is 11.1 Å². The number of hydrogen-bond donors (Lipinski definition) is 1. The van der Waals surface area contributed by atoms with Crippen molar-refractivity contribution >= 4 is 29.2 Å². The van der Waals surface area contributed by atoms with Gasteiger partial charge in [0.1, 0.15) is 0 Å². The number of nitrogens with zero attached hydrogens (tertiary/aromatic N) is 3. The first kappa shape index (κ1) is 18.9. The summed E-state index contributed by atoms with van der Waals surface area (Å²) in [4.78, 5) is 29.8. The third-order valence-corrected chi connectivity index (χ3v) is 5.50. The minimum absolute atomic E-state index is 0. The molecule has 1 amide bonds. The van der Waals surface area contributed by atoms with Gasteiger partial charge >= 0.3 is 0 Å². The number of carbonyl (C=O) groups is 1. The van der Waals surface area contributed by atoms with E-state index < -0.39 is 0 Å². The Hall–Kier alpha value is -1.89. The minimum Gasteiger partial charge on any atom is -0.337 e. The van der Waals surface area contributed by atoms with Gasteiger partial charge in [0.25, 0.3) is 11.5 Å². The molecule has 2 saturated heterocycles. The number of carbonyl (C=O) groups excluding carboxylic acids is 1. The van der Waals surface area contributed by atoms with Gasteiger partial charge in [-0.1, -0.05) is 18.2 Å². The van der Waals surface area contributed by atoms with Gasteiger partial charge in [-0.2, -0.15) is 0 Å². The monoisotopic (exact) mass is 376 g/mol. The Bertz CT molecular complexity index is 860. The summed E-state index contributed by atoms with van der Waals surface area (Å²) < 4.78 is 1.60. The Labute approximate surface area is 159 Å². The van der Waals surface area contributed by atoms with Crippen LogP contribution in [0, 0.1) is 0 Å². The number of halogens is 1. The number of pyridine rings is 1. The number of piperazine rings is 1. The summed E-state index contributed by atoms with van der Waals surface area (Å²) in [5.74, 6) is -0.0217. The number of amides is 1. The molecule has 140 valence electrons. The normalized spacial score (nSPS) is 21.0. The van der Waals surface area contributed by atoms with Crippen molar-refractivity contribution in [2.75, 3.05) is 39.3 Å². The van der Waals surface area contributed by atoms with Crippen molar-refractivity contribution in [3.63, 3.8) is 0 Å². The van der Waals surface area contributed by atoms with Gasteiger partial charge in [-0.15, -0.1) is 12.4 Å². The van der Waals surface area contributed by atoms with E-state index in [1.54, 1.807) is 11.6 Å². The number of rotatable bonds is 2. The van der Waals surface area contributed by atoms with Crippen LogP contribution in [0.1, 0.15) is 16.8 Å². The van der Waals surface area contributed by atoms with Gasteiger partial charge in [-0.3, -0.25) is 14.5 Å². The molecule has 1 aromatic carbocycles. The van der Waals surface area contributed by atoms with Crippen molar-refractivity contribution < 1.29 is 4.79 Å². The average molecular weight is 377 g/mol. The van der Waals surface area contributed by atoms with E-state index in [4.69, 9.17) is 0 Å². The lowest BCUT2D eigenvalue weighted by molar-refractivity contribution is 0.0775. The van der Waals surface area contributed by atoms with Crippen LogP contribution >= 0.6 is 12.4 Å². The van der Waals surface area contributed by atoms with Crippen LogP contribution in [-0.4, -0.2) is 65.6 Å². The number of nitrogens with one attached hydrogen (secondary N) is 1. The fraction of sp³-hybridized carbons (Fsp3) is 0.474. The standard InChI is InChI=1S/C19H24N4O2.ClH/c1-21-17-5-3-2-4-15(17)16(12-18(21)24)19(25)23-9-6-14(13-23)22-10-7-20-8-11-22;/h2-5,12,14,20H,6-11,13H2,1H3;1H. The Morgan fingerprint density at radius 2 is 1.88 bits per heavy atom. The summed E-state index contributed by atoms with van der Waals surface area (Å²) in [6.45, 7) is 5.63. The third-order valence-electron chi connectivity index (χ3n) is 5.50. The maximum atomic E-state index is 13.1. The molecule has 0 aliphatic carbocycles. The van der Waals surface area contributed by atoms with E-state index in [2.05, 4.69) is 10.2 Å². The quantitative estimate of drug-likeness (QED) is 0.852. The second-order valence-corrected chi connectivity index (χ2v) is 6.95. The Morgan fingerprint density at radius 1 is 1.15 bits per heavy atom. The van der Waals surface area contributed by atoms with Crippen molar-refractivity contribution in [3.8, 4) is 0 Å². The zero-order valence-electron chi connectivity index (χ0n) is 15.0. The van der Waals surface area contributed by atoms with Crippen LogP contribution in [0.4, 0.5) is 0 Å². The van der Waals surface area contributed by atoms with Crippen LogP contribution in [0.2, 0.25) is 0 Å². The van der Waals surface area contributed by atoms with Gasteiger partial charge in [0.15, 0.2) is 0 Å². The molecule has 1 N–H and O–H groups in total. The summed E-state index contributed by atoms with van der Waals surface area (Å²) >= 11 is 0. The highest BCUT2D eigenvalue weighted by molar-refractivity contribution is 6.06. The average Bonchev–Trinajstić information content (AvgIpc) is 3.15. The van der Waals surface area contributed by atoms with Crippen LogP contribution in [0.15, 0.2) is 35.1 Å². The van der Waals surface area contributed by atoms with Crippen LogP contribution in [-0.2, 0) is 7.05 Å². The molecule has 0 bridgehead atoms. The van der Waals surface area contributed by atoms with Gasteiger partial charge in [-0.25, -0.2) is 0 Å². The van der Waals surface area contributed by atoms with E-state index in [9.17, 15) is 9.59 Å². The Kier molecular flexibility index (Phi) is 5.65. The van der Waals surface area contributed by atoms with Crippen LogP contribution in [0.3, 0.4) is 0 Å². The number of likely N-dealkylation sites (tertiary alicyclic amines) is 1. The molecule has 26 heavy (non-hydrogen) atoms. The SMILES string of the molecule is Cl.Cn1c(=O)cc(C(=O)N2CCC(N3CCNCC3)C2)c2ccccc21. The lowest BCUT2D eigenvalue weighted by atomic mass is 10.1. The van der Waals surface area contributed by atoms with Gasteiger partial charge in [0.2, 0.25) is 0 Å². The zero-order chi connectivity index (χ0) is 17.4. The molecule has 1 atom stereocenters. The van der Waals surface area contributed by atoms with E-state index in [-0.39, 0.29) is 23.9 Å². The molecule has 1 unspecified atom stereocenters. The summed E-state index contributed by atoms with van der Waals surface area (Å²) in [5.41, 5.74) is 1.19. The number of hydrogen-bond acceptors (Lipinski definition) is 4. The number of para-hydroxylation sites is 1. The predicted molar refractivity (Wildman–Crippen MR) is 105 cm³/mol. The summed E-state index contributed by atoms with van der Waals surface area (Å²) in [6.07, 6.45) is 1.01. The first-order valence-electron chi connectivity index (χ1n) is 8.98. The highest BCUT2D eigenvalue weighted by Gasteiger charge is 2.32. The van der Waals surface area contributed by atoms with E-state index in [1.807, 2.05) is 29.2 Å². The molecular weight excluding hydrogens is 352 g/mol. The predicted octanol–water partition coefficient (Wildman–Crippen LogP) is 1.08. The van der Waals surface area contributed by atoms with E-state index in [0.29, 0.717) is 11.6 Å². The number of aromatic nitrogens is 1. The first-order chi connectivity index (χ1) is 12.1. The number of aryl methyl sites for hydroxylation is 1. The largest absolute Gasteiger partial charge is 0.337 e. The molecule has 2 fully saturated rings. The summed E-state index contributed by atoms with van der Waals surface area (Å²) in [6, 6.07) is 9.54. The third kappa shape index (κ3) is 3.37. The maximum absolute atomic E-state index is 13.1. The van der Waals surface area contributed by atoms with Crippen molar-refractivity contribution in [2.45, 2.75) is 12.5 Å². The number of fused-ring (bicyclic) bond motifs is 1. The molecule has 1 aromatic heterocycles. The van der Waals surface area contributed by atoms with Crippen molar-refractivity contribution in [1.82, 2.24) is 19.7 Å². The van der Waals surface area contributed by atoms with E-state index in [0.717, 1.165) is 56.6 Å². The van der Waals surface area contributed by atoms with Crippen LogP contribution in [0.5, 0.6) is 0 Å². The molecule has 2 aromatic rings. The molecule has 7 heteroatoms. The highest BCUT2D eigenvalue weighted by atomic mass is 35.5. The van der Waals surface area contributed by atoms with E-state index >= 15 is 0 Å². The second kappa shape index (κ2) is 7.78. The smallest absolute Gasteiger partial charge is 0.254 e. The molecule has 3 heterocycles. The fourth-order valence-electron chi connectivity index (χ4n) is 4.03. The lowest BCUT2D eigenvalue weighted by Gasteiger charge is -2.32. The zero-order valence-corrected chi connectivity index (χ0v) is 15.8. The second-order valence-electron chi connectivity index (χ2n) is 6.95. The highest BCUT2D eigenvalue weighted by Crippen LogP contribution is 2.22. The number of benzene rings is 1. The first-order valence-corrected chi connectivity index (χ1v) is 8.98. The molecule has 2 aliphatic rings. The van der Waals surface area contributed by atoms with Crippen LogP contribution < -0.4 is 10.9 Å². The molecule has 2 aliphatic heterocycles. The summed E-state index contributed by atoms with van der Waals surface area (Å²) in [5, 5.41) is 4.22. The van der Waals surface area contributed by atoms with Gasteiger partial charge in [0, 0.05) is 63.8 Å². The Balaban J connectivity index is 0.00000196. The van der Waals surface area contributed by atoms with Crippen molar-refractivity contribution in [2.24, 2.45) is 7.05 Å². The topological polar surface area (TPSA) is 57.6 Å². The lowest BCUT2D eigenvalue weighted by Crippen LogP contribution is -2.49. The molecule has 4 rings (SSSR count). The van der Waals surface area contributed by atoms with Crippen molar-refractivity contribution in [3.05, 3.63) is 46.2 Å². The molecule has 0 spiro atoms. The van der Waals surface area contributed by atoms with Crippen molar-refractivity contribution in [1.29, 1.82) is 0 Å². The van der Waals surface area contributed by atoms with Gasteiger partial charge < -0.3 is 14.8 Å². The van der Waals surface area contributed by atoms with Gasteiger partial charge in [-0.05, 0) is 12.5 Å². The Morgan fingerprint density at radius 3 is 2.65 bits per heavy atom. The fourth-order valence-corrected chi connectivity index (χ4v) is 4.03. The van der Waals surface area contributed by atoms with E-state index in [1.165, 1.54) is 6.07 Å². The maximum Gasteiger partial charge on any atom is 0.254 e. The molecular formula is C19H25ClN4O2. The van der Waals surface area contributed by atoms with Crippen LogP contribution in [0.25, 0.3) is 10.9 Å². The molecule has 0 radical (unpaired) electrons. The minimum atomic E-state index is -0.139. The molecule has 6 nitrogen and oxygen atoms in total. The molecule has 0 saturated carbocycles.